The first-order chi connectivity index (χ1) is 8.75. The van der Waals surface area contributed by atoms with Crippen LogP contribution in [0.25, 0.3) is 22.5 Å². The molecule has 0 radical (unpaired) electrons. The number of hydrogen-bond donors (Lipinski definition) is 2. The molecule has 3 rings (SSSR count). The van der Waals surface area contributed by atoms with Crippen molar-refractivity contribution in [3.63, 3.8) is 0 Å². The monoisotopic (exact) mass is 242 g/mol. The van der Waals surface area contributed by atoms with Gasteiger partial charge >= 0.3 is 0 Å². The molecule has 0 spiro atoms. The van der Waals surface area contributed by atoms with Gasteiger partial charge in [0.05, 0.1) is 30.7 Å². The maximum absolute atomic E-state index is 6.07. The van der Waals surface area contributed by atoms with Crippen molar-refractivity contribution in [1.29, 1.82) is 0 Å². The van der Waals surface area contributed by atoms with Crippen molar-refractivity contribution in [3.05, 3.63) is 37.2 Å². The first-order valence-electron chi connectivity index (χ1n) is 5.24. The molecule has 0 bridgehead atoms. The molecule has 6 nitrogen and oxygen atoms in total. The van der Waals surface area contributed by atoms with Gasteiger partial charge in [0, 0.05) is 11.1 Å². The van der Waals surface area contributed by atoms with E-state index >= 15 is 0 Å². The Labute approximate surface area is 102 Å². The van der Waals surface area contributed by atoms with Crippen LogP contribution in [0.3, 0.4) is 0 Å². The lowest BCUT2D eigenvalue weighted by molar-refractivity contribution is 0.568. The zero-order valence-electron chi connectivity index (χ0n) is 9.33. The Morgan fingerprint density at radius 1 is 0.833 bits per heavy atom. The third-order valence-corrected chi connectivity index (χ3v) is 2.55. The van der Waals surface area contributed by atoms with E-state index in [1.807, 2.05) is 0 Å². The van der Waals surface area contributed by atoms with Crippen LogP contribution in [0.4, 0.5) is 11.6 Å². The Kier molecular flexibility index (Phi) is 2.26. The van der Waals surface area contributed by atoms with Crippen LogP contribution in [0.1, 0.15) is 0 Å². The van der Waals surface area contributed by atoms with Gasteiger partial charge in [-0.15, -0.1) is 0 Å². The average Bonchev–Trinajstić information content (AvgIpc) is 3.02. The molecule has 3 heterocycles. The third kappa shape index (κ3) is 1.60. The van der Waals surface area contributed by atoms with Gasteiger partial charge < -0.3 is 20.3 Å². The number of nitrogens with two attached hydrogens (primary N) is 2. The Morgan fingerprint density at radius 3 is 1.72 bits per heavy atom. The molecule has 0 saturated carbocycles. The van der Waals surface area contributed by atoms with E-state index in [0.717, 1.165) is 11.1 Å². The summed E-state index contributed by atoms with van der Waals surface area (Å²) < 4.78 is 10.0. The topological polar surface area (TPSA) is 104 Å². The molecule has 0 aliphatic rings. The van der Waals surface area contributed by atoms with Crippen LogP contribution in [0.15, 0.2) is 46.0 Å². The summed E-state index contributed by atoms with van der Waals surface area (Å²) in [7, 11) is 0. The van der Waals surface area contributed by atoms with Crippen molar-refractivity contribution in [2.75, 3.05) is 11.5 Å². The maximum atomic E-state index is 6.07. The van der Waals surface area contributed by atoms with Gasteiger partial charge in [-0.2, -0.15) is 0 Å². The van der Waals surface area contributed by atoms with Crippen LogP contribution in [-0.2, 0) is 0 Å². The van der Waals surface area contributed by atoms with Gasteiger partial charge in [0.2, 0.25) is 5.95 Å². The number of furan rings is 2. The largest absolute Gasteiger partial charge is 0.472 e. The van der Waals surface area contributed by atoms with Crippen molar-refractivity contribution in [2.45, 2.75) is 0 Å². The summed E-state index contributed by atoms with van der Waals surface area (Å²) in [6.07, 6.45) is 6.20. The maximum Gasteiger partial charge on any atom is 0.221 e. The average molecular weight is 242 g/mol. The van der Waals surface area contributed by atoms with Crippen LogP contribution in [-0.4, -0.2) is 9.97 Å². The Morgan fingerprint density at radius 2 is 1.33 bits per heavy atom. The molecule has 0 aromatic carbocycles. The SMILES string of the molecule is Nc1nc(-c2ccoc2)c(N)c(-c2ccoc2)n1. The molecule has 0 amide bonds. The summed E-state index contributed by atoms with van der Waals surface area (Å²) in [4.78, 5) is 8.27. The first-order valence-corrected chi connectivity index (χ1v) is 5.24. The predicted molar refractivity (Wildman–Crippen MR) is 66.3 cm³/mol. The molecule has 18 heavy (non-hydrogen) atoms. The molecular weight excluding hydrogens is 232 g/mol. The number of anilines is 2. The summed E-state index contributed by atoms with van der Waals surface area (Å²) in [6.45, 7) is 0. The number of hydrogen-bond acceptors (Lipinski definition) is 6. The van der Waals surface area contributed by atoms with E-state index in [0.29, 0.717) is 17.1 Å². The molecule has 0 unspecified atom stereocenters. The zero-order valence-corrected chi connectivity index (χ0v) is 9.33. The molecule has 3 aromatic rings. The van der Waals surface area contributed by atoms with Crippen molar-refractivity contribution < 1.29 is 8.83 Å². The van der Waals surface area contributed by atoms with Gasteiger partial charge in [-0.05, 0) is 12.1 Å². The van der Waals surface area contributed by atoms with Crippen LogP contribution in [0.5, 0.6) is 0 Å². The fourth-order valence-corrected chi connectivity index (χ4v) is 1.73. The Hall–Kier alpha value is -2.76. The van der Waals surface area contributed by atoms with Gasteiger partial charge in [0.1, 0.15) is 11.4 Å². The minimum atomic E-state index is 0.150. The van der Waals surface area contributed by atoms with Gasteiger partial charge in [-0.25, -0.2) is 9.97 Å². The fraction of sp³-hybridized carbons (Fsp3) is 0. The highest BCUT2D eigenvalue weighted by atomic mass is 16.3. The summed E-state index contributed by atoms with van der Waals surface area (Å²) in [6, 6.07) is 3.52. The van der Waals surface area contributed by atoms with Crippen LogP contribution in [0, 0.1) is 0 Å². The molecule has 4 N–H and O–H groups in total. The summed E-state index contributed by atoms with van der Waals surface area (Å²) in [5.74, 6) is 0.150. The second-order valence-corrected chi connectivity index (χ2v) is 3.72. The molecule has 90 valence electrons. The smallest absolute Gasteiger partial charge is 0.221 e. The molecule has 0 saturated heterocycles. The number of nitrogens with zero attached hydrogens (tertiary/aromatic N) is 2. The minimum Gasteiger partial charge on any atom is -0.472 e. The summed E-state index contributed by atoms with van der Waals surface area (Å²) in [5, 5.41) is 0. The highest BCUT2D eigenvalue weighted by molar-refractivity contribution is 5.84. The number of rotatable bonds is 2. The normalized spacial score (nSPS) is 10.7. The van der Waals surface area contributed by atoms with E-state index in [-0.39, 0.29) is 5.95 Å². The Bertz CT molecular complexity index is 604. The summed E-state index contributed by atoms with van der Waals surface area (Å²) in [5.41, 5.74) is 14.8. The highest BCUT2D eigenvalue weighted by Crippen LogP contribution is 2.32. The van der Waals surface area contributed by atoms with Gasteiger partial charge in [0.25, 0.3) is 0 Å². The Balaban J connectivity index is 2.23. The van der Waals surface area contributed by atoms with Crippen molar-refractivity contribution >= 4 is 11.6 Å². The van der Waals surface area contributed by atoms with Crippen molar-refractivity contribution in [1.82, 2.24) is 9.97 Å². The van der Waals surface area contributed by atoms with E-state index in [4.69, 9.17) is 20.3 Å². The third-order valence-electron chi connectivity index (χ3n) is 2.55. The lowest BCUT2D eigenvalue weighted by Gasteiger charge is -2.07. The van der Waals surface area contributed by atoms with Crippen LogP contribution in [0.2, 0.25) is 0 Å². The molecule has 0 atom stereocenters. The van der Waals surface area contributed by atoms with E-state index in [1.165, 1.54) is 0 Å². The van der Waals surface area contributed by atoms with Gasteiger partial charge in [-0.3, -0.25) is 0 Å². The second kappa shape index (κ2) is 3.92. The van der Waals surface area contributed by atoms with E-state index < -0.39 is 0 Å². The van der Waals surface area contributed by atoms with E-state index in [2.05, 4.69) is 9.97 Å². The van der Waals surface area contributed by atoms with E-state index in [9.17, 15) is 0 Å². The minimum absolute atomic E-state index is 0.150. The molecular formula is C12H10N4O2. The molecule has 6 heteroatoms. The standard InChI is InChI=1S/C12H10N4O2/c13-9-10(7-1-3-17-5-7)15-12(14)16-11(9)8-2-4-18-6-8/h1-6H,13H2,(H2,14,15,16). The molecule has 0 aliphatic heterocycles. The first kappa shape index (κ1) is 10.4. The second-order valence-electron chi connectivity index (χ2n) is 3.72. The molecule has 3 aromatic heterocycles. The van der Waals surface area contributed by atoms with Crippen molar-refractivity contribution in [2.24, 2.45) is 0 Å². The van der Waals surface area contributed by atoms with Gasteiger partial charge in [0.15, 0.2) is 0 Å². The van der Waals surface area contributed by atoms with Crippen molar-refractivity contribution in [3.8, 4) is 22.5 Å². The van der Waals surface area contributed by atoms with Crippen LogP contribution < -0.4 is 11.5 Å². The predicted octanol–water partition coefficient (Wildman–Crippen LogP) is 2.16. The zero-order chi connectivity index (χ0) is 12.5. The lowest BCUT2D eigenvalue weighted by Crippen LogP contribution is -2.03. The lowest BCUT2D eigenvalue weighted by atomic mass is 10.1. The number of nitrogen functional groups attached to an aromatic ring is 2. The quantitative estimate of drug-likeness (QED) is 0.713. The number of aromatic nitrogens is 2. The van der Waals surface area contributed by atoms with E-state index in [1.54, 1.807) is 37.2 Å². The van der Waals surface area contributed by atoms with Crippen LogP contribution >= 0.6 is 0 Å². The fourth-order valence-electron chi connectivity index (χ4n) is 1.73. The van der Waals surface area contributed by atoms with Gasteiger partial charge in [-0.1, -0.05) is 0 Å². The molecule has 0 fully saturated rings. The molecule has 0 aliphatic carbocycles. The summed E-state index contributed by atoms with van der Waals surface area (Å²) >= 11 is 0. The highest BCUT2D eigenvalue weighted by Gasteiger charge is 2.15.